The van der Waals surface area contributed by atoms with Crippen LogP contribution in [0.15, 0.2) is 35.3 Å². The lowest BCUT2D eigenvalue weighted by Crippen LogP contribution is -2.53. The van der Waals surface area contributed by atoms with Crippen molar-refractivity contribution < 1.29 is 4.79 Å². The number of rotatable bonds is 7. The van der Waals surface area contributed by atoms with Crippen LogP contribution < -0.4 is 16.0 Å². The number of nitrogens with one attached hydrogen (secondary N) is 3. The third-order valence-electron chi connectivity index (χ3n) is 4.97. The first-order chi connectivity index (χ1) is 12.9. The van der Waals surface area contributed by atoms with Gasteiger partial charge in [0.2, 0.25) is 5.91 Å². The summed E-state index contributed by atoms with van der Waals surface area (Å²) in [5, 5.41) is 9.74. The zero-order valence-corrected chi connectivity index (χ0v) is 20.0. The zero-order chi connectivity index (χ0) is 19.7. The molecule has 1 atom stereocenters. The Hall–Kier alpha value is -1.35. The Morgan fingerprint density at radius 2 is 1.96 bits per heavy atom. The Labute approximate surface area is 187 Å². The highest BCUT2D eigenvalue weighted by molar-refractivity contribution is 14.0. The summed E-state index contributed by atoms with van der Waals surface area (Å²) < 4.78 is 0. The van der Waals surface area contributed by atoms with Crippen molar-refractivity contribution in [3.05, 3.63) is 35.9 Å². The van der Waals surface area contributed by atoms with Gasteiger partial charge in [-0.15, -0.1) is 24.0 Å². The summed E-state index contributed by atoms with van der Waals surface area (Å²) in [5.74, 6) is 0.818. The summed E-state index contributed by atoms with van der Waals surface area (Å²) >= 11 is 0. The molecule has 7 heteroatoms. The van der Waals surface area contributed by atoms with Crippen LogP contribution >= 0.6 is 24.0 Å². The van der Waals surface area contributed by atoms with Gasteiger partial charge in [0.25, 0.3) is 0 Å². The highest BCUT2D eigenvalue weighted by Gasteiger charge is 2.28. The van der Waals surface area contributed by atoms with Gasteiger partial charge in [0.05, 0.1) is 5.41 Å². The average Bonchev–Trinajstić information content (AvgIpc) is 2.66. The summed E-state index contributed by atoms with van der Waals surface area (Å²) in [6, 6.07) is 11.0. The number of amides is 1. The molecule has 0 bridgehead atoms. The predicted octanol–water partition coefficient (Wildman–Crippen LogP) is 2.60. The van der Waals surface area contributed by atoms with Gasteiger partial charge in [0.1, 0.15) is 0 Å². The number of carbonyl (C=O) groups excluding carboxylic acids is 1. The molecular formula is C21H36IN5O. The maximum Gasteiger partial charge on any atom is 0.227 e. The molecule has 1 aliphatic heterocycles. The molecule has 1 aromatic rings. The largest absolute Gasteiger partial charge is 0.356 e. The van der Waals surface area contributed by atoms with Gasteiger partial charge in [-0.2, -0.15) is 0 Å². The second-order valence-corrected chi connectivity index (χ2v) is 7.87. The Kier molecular flexibility index (Phi) is 10.8. The molecule has 1 saturated heterocycles. The van der Waals surface area contributed by atoms with Gasteiger partial charge in [-0.05, 0) is 45.7 Å². The Morgan fingerprint density at radius 1 is 1.25 bits per heavy atom. The number of guanidine groups is 1. The molecule has 1 fully saturated rings. The molecule has 0 spiro atoms. The Balaban J connectivity index is 0.00000392. The monoisotopic (exact) mass is 501 g/mol. The van der Waals surface area contributed by atoms with Gasteiger partial charge in [0.15, 0.2) is 5.96 Å². The van der Waals surface area contributed by atoms with Crippen molar-refractivity contribution in [2.75, 3.05) is 33.2 Å². The van der Waals surface area contributed by atoms with Gasteiger partial charge < -0.3 is 16.0 Å². The van der Waals surface area contributed by atoms with E-state index in [2.05, 4.69) is 56.2 Å². The normalized spacial score (nSPS) is 18.1. The molecule has 2 rings (SSSR count). The molecule has 0 saturated carbocycles. The quantitative estimate of drug-likeness (QED) is 0.305. The topological polar surface area (TPSA) is 68.8 Å². The van der Waals surface area contributed by atoms with E-state index in [1.165, 1.54) is 12.0 Å². The van der Waals surface area contributed by atoms with Crippen LogP contribution in [0.3, 0.4) is 0 Å². The van der Waals surface area contributed by atoms with E-state index >= 15 is 0 Å². The molecule has 158 valence electrons. The molecule has 1 aromatic carbocycles. The molecule has 0 aliphatic carbocycles. The minimum Gasteiger partial charge on any atom is -0.356 e. The van der Waals surface area contributed by atoms with Crippen LogP contribution in [0, 0.1) is 5.41 Å². The van der Waals surface area contributed by atoms with Crippen molar-refractivity contribution in [3.63, 3.8) is 0 Å². The predicted molar refractivity (Wildman–Crippen MR) is 127 cm³/mol. The second-order valence-electron chi connectivity index (χ2n) is 7.87. The molecular weight excluding hydrogens is 465 g/mol. The van der Waals surface area contributed by atoms with Crippen molar-refractivity contribution >= 4 is 35.8 Å². The fraction of sp³-hybridized carbons (Fsp3) is 0.619. The fourth-order valence-corrected chi connectivity index (χ4v) is 3.33. The first-order valence-corrected chi connectivity index (χ1v) is 9.96. The molecule has 6 nitrogen and oxygen atoms in total. The van der Waals surface area contributed by atoms with Gasteiger partial charge in [-0.1, -0.05) is 30.3 Å². The third kappa shape index (κ3) is 7.95. The van der Waals surface area contributed by atoms with E-state index in [-0.39, 0.29) is 29.9 Å². The maximum atomic E-state index is 12.2. The Morgan fingerprint density at radius 3 is 2.61 bits per heavy atom. The number of benzene rings is 1. The number of nitrogens with zero attached hydrogens (tertiary/aromatic N) is 2. The van der Waals surface area contributed by atoms with Crippen LogP contribution in [-0.4, -0.2) is 56.0 Å². The zero-order valence-electron chi connectivity index (χ0n) is 17.6. The fourth-order valence-electron chi connectivity index (χ4n) is 3.33. The number of carbonyl (C=O) groups is 1. The lowest BCUT2D eigenvalue weighted by molar-refractivity contribution is -0.128. The van der Waals surface area contributed by atoms with E-state index in [0.29, 0.717) is 19.1 Å². The molecule has 0 radical (unpaired) electrons. The van der Waals surface area contributed by atoms with Gasteiger partial charge >= 0.3 is 0 Å². The number of hydrogen-bond donors (Lipinski definition) is 3. The lowest BCUT2D eigenvalue weighted by Gasteiger charge is -2.34. The second kappa shape index (κ2) is 12.3. The number of piperidine rings is 1. The van der Waals surface area contributed by atoms with E-state index in [9.17, 15) is 4.79 Å². The SMILES string of the molecule is CCNC(=O)C(C)(C)CNC(=NC)NC1CCCN(Cc2ccccc2)C1.I. The molecule has 1 unspecified atom stereocenters. The van der Waals surface area contributed by atoms with Crippen LogP contribution in [-0.2, 0) is 11.3 Å². The molecule has 3 N–H and O–H groups in total. The Bertz CT molecular complexity index is 620. The minimum atomic E-state index is -0.487. The van der Waals surface area contributed by atoms with E-state index in [4.69, 9.17) is 0 Å². The van der Waals surface area contributed by atoms with Crippen molar-refractivity contribution in [3.8, 4) is 0 Å². The van der Waals surface area contributed by atoms with Crippen LogP contribution in [0.5, 0.6) is 0 Å². The average molecular weight is 501 g/mol. The highest BCUT2D eigenvalue weighted by atomic mass is 127. The molecule has 0 aromatic heterocycles. The van der Waals surface area contributed by atoms with Crippen LogP contribution in [0.1, 0.15) is 39.2 Å². The smallest absolute Gasteiger partial charge is 0.227 e. The summed E-state index contributed by atoms with van der Waals surface area (Å²) in [7, 11) is 1.78. The number of hydrogen-bond acceptors (Lipinski definition) is 3. The van der Waals surface area contributed by atoms with Crippen LogP contribution in [0.25, 0.3) is 0 Å². The van der Waals surface area contributed by atoms with Crippen LogP contribution in [0.4, 0.5) is 0 Å². The molecule has 1 amide bonds. The summed E-state index contributed by atoms with van der Waals surface area (Å²) in [5.41, 5.74) is 0.865. The van der Waals surface area contributed by atoms with Gasteiger partial charge in [-0.3, -0.25) is 14.7 Å². The van der Waals surface area contributed by atoms with E-state index in [1.54, 1.807) is 7.05 Å². The molecule has 28 heavy (non-hydrogen) atoms. The van der Waals surface area contributed by atoms with E-state index in [1.807, 2.05) is 20.8 Å². The third-order valence-corrected chi connectivity index (χ3v) is 4.97. The number of aliphatic imine (C=N–C) groups is 1. The first-order valence-electron chi connectivity index (χ1n) is 9.96. The maximum absolute atomic E-state index is 12.2. The molecule has 1 aliphatic rings. The van der Waals surface area contributed by atoms with E-state index < -0.39 is 5.41 Å². The van der Waals surface area contributed by atoms with Crippen LogP contribution in [0.2, 0.25) is 0 Å². The number of likely N-dealkylation sites (tertiary alicyclic amines) is 1. The van der Waals surface area contributed by atoms with Gasteiger partial charge in [0, 0.05) is 39.3 Å². The highest BCUT2D eigenvalue weighted by Crippen LogP contribution is 2.15. The molecule has 1 heterocycles. The summed E-state index contributed by atoms with van der Waals surface area (Å²) in [4.78, 5) is 19.0. The first kappa shape index (κ1) is 24.7. The van der Waals surface area contributed by atoms with E-state index in [0.717, 1.165) is 32.0 Å². The van der Waals surface area contributed by atoms with Gasteiger partial charge in [-0.25, -0.2) is 0 Å². The summed E-state index contributed by atoms with van der Waals surface area (Å²) in [6.45, 7) is 10.1. The summed E-state index contributed by atoms with van der Waals surface area (Å²) in [6.07, 6.45) is 2.30. The minimum absolute atomic E-state index is 0. The standard InChI is InChI=1S/C21H35N5O.HI/c1-5-23-19(27)21(2,3)16-24-20(22-4)25-18-12-9-13-26(15-18)14-17-10-7-6-8-11-17;/h6-8,10-11,18H,5,9,12-16H2,1-4H3,(H,23,27)(H2,22,24,25);1H. The van der Waals surface area contributed by atoms with Crippen molar-refractivity contribution in [2.45, 2.75) is 46.2 Å². The van der Waals surface area contributed by atoms with Crippen molar-refractivity contribution in [2.24, 2.45) is 10.4 Å². The van der Waals surface area contributed by atoms with Crippen molar-refractivity contribution in [1.82, 2.24) is 20.9 Å². The van der Waals surface area contributed by atoms with Crippen molar-refractivity contribution in [1.29, 1.82) is 0 Å². The lowest BCUT2D eigenvalue weighted by atomic mass is 9.92. The number of halogens is 1.